The van der Waals surface area contributed by atoms with Gasteiger partial charge in [0.15, 0.2) is 0 Å². The van der Waals surface area contributed by atoms with Gasteiger partial charge in [0.2, 0.25) is 5.91 Å². The Morgan fingerprint density at radius 2 is 1.06 bits per heavy atom. The Labute approximate surface area is 208 Å². The molecule has 1 N–H and O–H groups in total. The molecule has 0 atom stereocenters. The maximum atomic E-state index is 12.4. The standard InChI is InChI=1S/C32H45NO/c1-4-7-8-9-10-11-12-13-14-15-16-17-18-19-20-21-22-23-24-28-31(34)33-32-29(5-2)26-25-27-30(32)6-3/h7-8,10-11,13-14,16-17,19-20,22-23,25-27H,4-6,9,12,15,18,21,24,28H2,1-3H3,(H,33,34)/b8-7+,11-10+,14-13+,17-16+,20-19+,23-22+. The average molecular weight is 460 g/mol. The lowest BCUT2D eigenvalue weighted by Crippen LogP contribution is -2.14. The van der Waals surface area contributed by atoms with Crippen molar-refractivity contribution in [3.05, 3.63) is 102 Å². The summed E-state index contributed by atoms with van der Waals surface area (Å²) in [6, 6.07) is 6.27. The van der Waals surface area contributed by atoms with Gasteiger partial charge in [-0.2, -0.15) is 0 Å². The Morgan fingerprint density at radius 3 is 1.47 bits per heavy atom. The highest BCUT2D eigenvalue weighted by atomic mass is 16.1. The smallest absolute Gasteiger partial charge is 0.224 e. The lowest BCUT2D eigenvalue weighted by Gasteiger charge is -2.14. The molecule has 34 heavy (non-hydrogen) atoms. The third-order valence-corrected chi connectivity index (χ3v) is 5.40. The Bertz CT molecular complexity index is 830. The van der Waals surface area contributed by atoms with E-state index < -0.39 is 0 Å². The van der Waals surface area contributed by atoms with Crippen LogP contribution < -0.4 is 5.32 Å². The second kappa shape index (κ2) is 20.7. The summed E-state index contributed by atoms with van der Waals surface area (Å²) in [4.78, 5) is 12.4. The van der Waals surface area contributed by atoms with E-state index in [-0.39, 0.29) is 5.91 Å². The molecule has 0 fully saturated rings. The fraction of sp³-hybridized carbons (Fsp3) is 0.406. The van der Waals surface area contributed by atoms with Crippen LogP contribution in [0.4, 0.5) is 5.69 Å². The second-order valence-electron chi connectivity index (χ2n) is 8.16. The minimum atomic E-state index is 0.0927. The van der Waals surface area contributed by atoms with Gasteiger partial charge < -0.3 is 5.32 Å². The Morgan fingerprint density at radius 1 is 0.647 bits per heavy atom. The van der Waals surface area contributed by atoms with Gasteiger partial charge in [-0.3, -0.25) is 4.79 Å². The monoisotopic (exact) mass is 459 g/mol. The fourth-order valence-electron chi connectivity index (χ4n) is 3.46. The molecule has 1 aromatic rings. The van der Waals surface area contributed by atoms with Crippen molar-refractivity contribution in [2.24, 2.45) is 0 Å². The maximum absolute atomic E-state index is 12.4. The molecule has 2 nitrogen and oxygen atoms in total. The highest BCUT2D eigenvalue weighted by molar-refractivity contribution is 5.92. The van der Waals surface area contributed by atoms with Crippen molar-refractivity contribution in [2.45, 2.75) is 85.0 Å². The molecule has 1 amide bonds. The zero-order chi connectivity index (χ0) is 24.7. The van der Waals surface area contributed by atoms with Crippen LogP contribution in [-0.4, -0.2) is 5.91 Å². The van der Waals surface area contributed by atoms with Gasteiger partial charge in [0.05, 0.1) is 0 Å². The number of amides is 1. The predicted molar refractivity (Wildman–Crippen MR) is 151 cm³/mol. The van der Waals surface area contributed by atoms with E-state index >= 15 is 0 Å². The van der Waals surface area contributed by atoms with Gasteiger partial charge in [-0.05, 0) is 68.9 Å². The average Bonchev–Trinajstić information content (AvgIpc) is 2.85. The summed E-state index contributed by atoms with van der Waals surface area (Å²) in [7, 11) is 0. The number of aryl methyl sites for hydroxylation is 2. The van der Waals surface area contributed by atoms with E-state index in [1.165, 1.54) is 11.1 Å². The number of carbonyl (C=O) groups excluding carboxylic acids is 1. The van der Waals surface area contributed by atoms with Crippen LogP contribution in [0, 0.1) is 0 Å². The lowest BCUT2D eigenvalue weighted by atomic mass is 10.0. The van der Waals surface area contributed by atoms with Crippen molar-refractivity contribution in [3.63, 3.8) is 0 Å². The molecular weight excluding hydrogens is 414 g/mol. The number of carbonyl (C=O) groups is 1. The Balaban J connectivity index is 2.14. The van der Waals surface area contributed by atoms with E-state index in [1.54, 1.807) is 0 Å². The summed E-state index contributed by atoms with van der Waals surface area (Å²) in [5, 5.41) is 3.13. The van der Waals surface area contributed by atoms with Crippen LogP contribution in [0.15, 0.2) is 91.1 Å². The largest absolute Gasteiger partial charge is 0.326 e. The third kappa shape index (κ3) is 14.3. The van der Waals surface area contributed by atoms with Crippen LogP contribution in [0.1, 0.15) is 83.3 Å². The zero-order valence-corrected chi connectivity index (χ0v) is 21.6. The molecule has 0 spiro atoms. The minimum absolute atomic E-state index is 0.0927. The molecule has 0 aromatic heterocycles. The van der Waals surface area contributed by atoms with Crippen LogP contribution in [-0.2, 0) is 17.6 Å². The van der Waals surface area contributed by atoms with E-state index in [4.69, 9.17) is 0 Å². The Hall–Kier alpha value is -2.87. The molecule has 0 unspecified atom stereocenters. The van der Waals surface area contributed by atoms with Crippen molar-refractivity contribution in [1.29, 1.82) is 0 Å². The minimum Gasteiger partial charge on any atom is -0.326 e. The highest BCUT2D eigenvalue weighted by Gasteiger charge is 2.09. The van der Waals surface area contributed by atoms with E-state index in [9.17, 15) is 4.79 Å². The zero-order valence-electron chi connectivity index (χ0n) is 21.6. The first-order valence-electron chi connectivity index (χ1n) is 13.0. The van der Waals surface area contributed by atoms with E-state index in [0.717, 1.165) is 63.5 Å². The third-order valence-electron chi connectivity index (χ3n) is 5.40. The normalized spacial score (nSPS) is 12.6. The first kappa shape index (κ1) is 29.2. The molecule has 1 aromatic carbocycles. The number of hydrogen-bond acceptors (Lipinski definition) is 1. The molecule has 0 heterocycles. The second-order valence-corrected chi connectivity index (χ2v) is 8.16. The summed E-state index contributed by atoms with van der Waals surface area (Å²) >= 11 is 0. The predicted octanol–water partition coefficient (Wildman–Crippen LogP) is 9.23. The van der Waals surface area contributed by atoms with Crippen molar-refractivity contribution in [1.82, 2.24) is 0 Å². The van der Waals surface area contributed by atoms with Crippen LogP contribution in [0.3, 0.4) is 0 Å². The summed E-state index contributed by atoms with van der Waals surface area (Å²) in [6.07, 6.45) is 35.5. The lowest BCUT2D eigenvalue weighted by molar-refractivity contribution is -0.116. The molecule has 2 heteroatoms. The quantitative estimate of drug-likeness (QED) is 0.231. The van der Waals surface area contributed by atoms with Crippen molar-refractivity contribution in [2.75, 3.05) is 5.32 Å². The maximum Gasteiger partial charge on any atom is 0.224 e. The summed E-state index contributed by atoms with van der Waals surface area (Å²) < 4.78 is 0. The molecule has 0 bridgehead atoms. The van der Waals surface area contributed by atoms with Gasteiger partial charge in [0.25, 0.3) is 0 Å². The van der Waals surface area contributed by atoms with Crippen molar-refractivity contribution in [3.8, 4) is 0 Å². The Kier molecular flexibility index (Phi) is 17.8. The molecule has 0 radical (unpaired) electrons. The van der Waals surface area contributed by atoms with Crippen LogP contribution in [0.2, 0.25) is 0 Å². The number of hydrogen-bond donors (Lipinski definition) is 1. The SMILES string of the molecule is CC/C=C/C/C=C/C/C=C/C/C=C/C/C=C/C/C=C/CCC(=O)Nc1c(CC)cccc1CC. The summed E-state index contributed by atoms with van der Waals surface area (Å²) in [5.74, 6) is 0.0927. The molecule has 0 aliphatic rings. The van der Waals surface area contributed by atoms with Gasteiger partial charge in [-0.1, -0.05) is 112 Å². The number of benzene rings is 1. The molecule has 0 saturated heterocycles. The molecule has 0 saturated carbocycles. The molecule has 184 valence electrons. The van der Waals surface area contributed by atoms with E-state index in [2.05, 4.69) is 117 Å². The van der Waals surface area contributed by atoms with Gasteiger partial charge in [-0.25, -0.2) is 0 Å². The van der Waals surface area contributed by atoms with Gasteiger partial charge in [0, 0.05) is 12.1 Å². The number of anilines is 1. The number of rotatable bonds is 17. The first-order valence-corrected chi connectivity index (χ1v) is 13.0. The molecule has 1 rings (SSSR count). The highest BCUT2D eigenvalue weighted by Crippen LogP contribution is 2.22. The summed E-state index contributed by atoms with van der Waals surface area (Å²) in [5.41, 5.74) is 3.43. The van der Waals surface area contributed by atoms with Crippen LogP contribution in [0.5, 0.6) is 0 Å². The molecular formula is C32H45NO. The van der Waals surface area contributed by atoms with E-state index in [0.29, 0.717) is 6.42 Å². The first-order chi connectivity index (χ1) is 16.7. The van der Waals surface area contributed by atoms with Gasteiger partial charge in [-0.15, -0.1) is 0 Å². The molecule has 0 aliphatic carbocycles. The van der Waals surface area contributed by atoms with Crippen molar-refractivity contribution >= 4 is 11.6 Å². The van der Waals surface area contributed by atoms with Gasteiger partial charge in [0.1, 0.15) is 0 Å². The van der Waals surface area contributed by atoms with Gasteiger partial charge >= 0.3 is 0 Å². The van der Waals surface area contributed by atoms with Crippen molar-refractivity contribution < 1.29 is 4.79 Å². The number of para-hydroxylation sites is 1. The molecule has 0 aliphatic heterocycles. The number of nitrogens with one attached hydrogen (secondary N) is 1. The van der Waals surface area contributed by atoms with E-state index in [1.807, 2.05) is 0 Å². The van der Waals surface area contributed by atoms with Crippen LogP contribution in [0.25, 0.3) is 0 Å². The number of allylic oxidation sites excluding steroid dienone is 12. The fourth-order valence-corrected chi connectivity index (χ4v) is 3.46. The topological polar surface area (TPSA) is 29.1 Å². The van der Waals surface area contributed by atoms with Crippen LogP contribution >= 0.6 is 0 Å². The summed E-state index contributed by atoms with van der Waals surface area (Å²) in [6.45, 7) is 6.41.